The van der Waals surface area contributed by atoms with Crippen LogP contribution < -0.4 is 5.73 Å². The summed E-state index contributed by atoms with van der Waals surface area (Å²) in [4.78, 5) is 4.12. The molecule has 0 spiro atoms. The zero-order chi connectivity index (χ0) is 5.98. The quantitative estimate of drug-likeness (QED) is 0.629. The number of rotatable bonds is 1. The number of nitrogens with zero attached hydrogens (tertiary/aromatic N) is 1. The van der Waals surface area contributed by atoms with E-state index in [1.807, 2.05) is 0 Å². The largest absolute Gasteiger partial charge is 0.379 e. The monoisotopic (exact) mass is 194 g/mol. The van der Waals surface area contributed by atoms with Crippen molar-refractivity contribution in [2.45, 2.75) is 6.04 Å². The average molecular weight is 195 g/mol. The molecule has 0 aromatic heterocycles. The van der Waals surface area contributed by atoms with Gasteiger partial charge in [-0.3, -0.25) is 4.99 Å². The fraction of sp³-hybridized carbons (Fsp3) is 0.750. The van der Waals surface area contributed by atoms with E-state index in [2.05, 4.69) is 20.9 Å². The van der Waals surface area contributed by atoms with Crippen molar-refractivity contribution in [2.24, 2.45) is 10.7 Å². The van der Waals surface area contributed by atoms with Crippen LogP contribution in [0.1, 0.15) is 0 Å². The molecule has 0 fully saturated rings. The Kier molecular flexibility index (Phi) is 2.19. The summed E-state index contributed by atoms with van der Waals surface area (Å²) < 4.78 is 0. The van der Waals surface area contributed by atoms with E-state index < -0.39 is 0 Å². The van der Waals surface area contributed by atoms with Crippen LogP contribution in [0.25, 0.3) is 0 Å². The molecule has 4 heteroatoms. The molecular formula is C4H7BrN2S. The Morgan fingerprint density at radius 3 is 3.00 bits per heavy atom. The summed E-state index contributed by atoms with van der Waals surface area (Å²) in [5, 5.41) is 1.66. The number of hydrogen-bond donors (Lipinski definition) is 1. The lowest BCUT2D eigenvalue weighted by Crippen LogP contribution is -2.04. The molecular weight excluding hydrogens is 188 g/mol. The van der Waals surface area contributed by atoms with Gasteiger partial charge in [-0.1, -0.05) is 27.7 Å². The number of thioether (sulfide) groups is 1. The average Bonchev–Trinajstić information content (AvgIpc) is 2.14. The second kappa shape index (κ2) is 2.73. The predicted molar refractivity (Wildman–Crippen MR) is 41.7 cm³/mol. The first-order valence-electron chi connectivity index (χ1n) is 2.35. The molecule has 1 rings (SSSR count). The van der Waals surface area contributed by atoms with Crippen molar-refractivity contribution < 1.29 is 0 Å². The van der Waals surface area contributed by atoms with E-state index in [9.17, 15) is 0 Å². The number of aliphatic imine (C=N–C) groups is 1. The Hall–Kier alpha value is 0.300. The van der Waals surface area contributed by atoms with Gasteiger partial charge in [0.1, 0.15) is 0 Å². The standard InChI is InChI=1S/C4H7BrN2S/c5-1-3-2-8-4(6)7-3/h3H,1-2H2,(H2,6,7)/t3-/m0/s1. The molecule has 0 saturated heterocycles. The molecule has 1 atom stereocenters. The zero-order valence-electron chi connectivity index (χ0n) is 4.30. The maximum Gasteiger partial charge on any atom is 0.154 e. The number of halogens is 1. The highest BCUT2D eigenvalue weighted by Crippen LogP contribution is 2.15. The minimum Gasteiger partial charge on any atom is -0.379 e. The second-order valence-corrected chi connectivity index (χ2v) is 3.27. The van der Waals surface area contributed by atoms with E-state index in [0.717, 1.165) is 16.3 Å². The van der Waals surface area contributed by atoms with Crippen LogP contribution in [0.4, 0.5) is 0 Å². The lowest BCUT2D eigenvalue weighted by molar-refractivity contribution is 0.884. The molecule has 0 aromatic carbocycles. The maximum atomic E-state index is 5.39. The SMILES string of the molecule is NC1=N[C@@H](CBr)CS1. The molecule has 46 valence electrons. The van der Waals surface area contributed by atoms with Crippen LogP contribution in [0.2, 0.25) is 0 Å². The molecule has 0 aromatic rings. The first-order chi connectivity index (χ1) is 3.83. The van der Waals surface area contributed by atoms with Gasteiger partial charge in [-0.2, -0.15) is 0 Å². The molecule has 1 aliphatic heterocycles. The molecule has 2 N–H and O–H groups in total. The van der Waals surface area contributed by atoms with Gasteiger partial charge in [0.2, 0.25) is 0 Å². The number of hydrogen-bond acceptors (Lipinski definition) is 3. The lowest BCUT2D eigenvalue weighted by Gasteiger charge is -1.94. The third-order valence-electron chi connectivity index (χ3n) is 0.912. The molecule has 0 saturated carbocycles. The van der Waals surface area contributed by atoms with E-state index in [1.54, 1.807) is 11.8 Å². The molecule has 0 bridgehead atoms. The van der Waals surface area contributed by atoms with Crippen molar-refractivity contribution in [1.29, 1.82) is 0 Å². The summed E-state index contributed by atoms with van der Waals surface area (Å²) in [6.45, 7) is 0. The van der Waals surface area contributed by atoms with E-state index in [0.29, 0.717) is 6.04 Å². The summed E-state index contributed by atoms with van der Waals surface area (Å²) in [5.41, 5.74) is 5.39. The lowest BCUT2D eigenvalue weighted by atomic mass is 10.4. The Labute approximate surface area is 61.1 Å². The van der Waals surface area contributed by atoms with Crippen molar-refractivity contribution in [3.05, 3.63) is 0 Å². The minimum atomic E-state index is 0.417. The van der Waals surface area contributed by atoms with Gasteiger partial charge in [0.15, 0.2) is 5.17 Å². The predicted octanol–water partition coefficient (Wildman–Crippen LogP) is 0.811. The van der Waals surface area contributed by atoms with Crippen LogP contribution in [0.5, 0.6) is 0 Å². The first kappa shape index (κ1) is 6.42. The Balaban J connectivity index is 2.41. The van der Waals surface area contributed by atoms with E-state index in [-0.39, 0.29) is 0 Å². The van der Waals surface area contributed by atoms with Gasteiger partial charge in [-0.15, -0.1) is 0 Å². The molecule has 8 heavy (non-hydrogen) atoms. The fourth-order valence-electron chi connectivity index (χ4n) is 0.515. The third-order valence-corrected chi connectivity index (χ3v) is 2.61. The maximum absolute atomic E-state index is 5.39. The van der Waals surface area contributed by atoms with Crippen LogP contribution in [0.3, 0.4) is 0 Å². The van der Waals surface area contributed by atoms with Crippen molar-refractivity contribution in [1.82, 2.24) is 0 Å². The normalized spacial score (nSPS) is 28.1. The van der Waals surface area contributed by atoms with Crippen molar-refractivity contribution in [3.8, 4) is 0 Å². The molecule has 0 aliphatic carbocycles. The van der Waals surface area contributed by atoms with Gasteiger partial charge < -0.3 is 5.73 Å². The van der Waals surface area contributed by atoms with Gasteiger partial charge in [0, 0.05) is 11.1 Å². The van der Waals surface area contributed by atoms with Gasteiger partial charge in [-0.25, -0.2) is 0 Å². The van der Waals surface area contributed by atoms with Crippen LogP contribution >= 0.6 is 27.7 Å². The minimum absolute atomic E-state index is 0.417. The number of alkyl halides is 1. The highest BCUT2D eigenvalue weighted by molar-refractivity contribution is 9.09. The summed E-state index contributed by atoms with van der Waals surface area (Å²) in [6, 6.07) is 0.417. The Morgan fingerprint density at radius 1 is 2.00 bits per heavy atom. The van der Waals surface area contributed by atoms with Crippen molar-refractivity contribution in [2.75, 3.05) is 11.1 Å². The van der Waals surface area contributed by atoms with E-state index >= 15 is 0 Å². The first-order valence-corrected chi connectivity index (χ1v) is 4.45. The van der Waals surface area contributed by atoms with E-state index in [1.165, 1.54) is 0 Å². The molecule has 0 radical (unpaired) electrons. The van der Waals surface area contributed by atoms with Gasteiger partial charge in [0.05, 0.1) is 6.04 Å². The van der Waals surface area contributed by atoms with Gasteiger partial charge in [0.25, 0.3) is 0 Å². The summed E-state index contributed by atoms with van der Waals surface area (Å²) in [5.74, 6) is 1.04. The highest BCUT2D eigenvalue weighted by atomic mass is 79.9. The zero-order valence-corrected chi connectivity index (χ0v) is 6.70. The Morgan fingerprint density at radius 2 is 2.75 bits per heavy atom. The molecule has 0 amide bonds. The van der Waals surface area contributed by atoms with Crippen LogP contribution in [0, 0.1) is 0 Å². The van der Waals surface area contributed by atoms with Gasteiger partial charge >= 0.3 is 0 Å². The van der Waals surface area contributed by atoms with Gasteiger partial charge in [-0.05, 0) is 0 Å². The summed E-state index contributed by atoms with van der Waals surface area (Å²) in [6.07, 6.45) is 0. The smallest absolute Gasteiger partial charge is 0.154 e. The van der Waals surface area contributed by atoms with Crippen molar-refractivity contribution in [3.63, 3.8) is 0 Å². The van der Waals surface area contributed by atoms with Crippen LogP contribution in [-0.4, -0.2) is 22.3 Å². The molecule has 1 heterocycles. The molecule has 1 aliphatic rings. The van der Waals surface area contributed by atoms with Crippen LogP contribution in [-0.2, 0) is 0 Å². The fourth-order valence-corrected chi connectivity index (χ4v) is 1.97. The van der Waals surface area contributed by atoms with Crippen molar-refractivity contribution >= 4 is 32.9 Å². The van der Waals surface area contributed by atoms with E-state index in [4.69, 9.17) is 5.73 Å². The third kappa shape index (κ3) is 1.39. The highest BCUT2D eigenvalue weighted by Gasteiger charge is 2.13. The number of nitrogens with two attached hydrogens (primary N) is 1. The summed E-state index contributed by atoms with van der Waals surface area (Å²) >= 11 is 4.96. The topological polar surface area (TPSA) is 38.4 Å². The van der Waals surface area contributed by atoms with Crippen LogP contribution in [0.15, 0.2) is 4.99 Å². The number of amidine groups is 1. The Bertz CT molecular complexity index is 115. The molecule has 2 nitrogen and oxygen atoms in total. The second-order valence-electron chi connectivity index (χ2n) is 1.59. The molecule has 0 unspecified atom stereocenters. The summed E-state index contributed by atoms with van der Waals surface area (Å²) in [7, 11) is 0.